The Labute approximate surface area is 105 Å². The molecule has 1 amide bonds. The average molecular weight is 242 g/mol. The molecule has 0 radical (unpaired) electrons. The van der Waals surface area contributed by atoms with Crippen molar-refractivity contribution in [3.8, 4) is 0 Å². The maximum Gasteiger partial charge on any atom is 0.409 e. The largest absolute Gasteiger partial charge is 0.465 e. The number of rotatable bonds is 1. The Kier molecular flexibility index (Phi) is 2.63. The van der Waals surface area contributed by atoms with Crippen LogP contribution in [0.1, 0.15) is 24.1 Å². The number of carbonyl (C=O) groups is 1. The van der Waals surface area contributed by atoms with E-state index in [2.05, 4.69) is 10.3 Å². The van der Waals surface area contributed by atoms with Crippen molar-refractivity contribution in [2.24, 2.45) is 0 Å². The third-order valence-electron chi connectivity index (χ3n) is 3.40. The highest BCUT2D eigenvalue weighted by atomic mass is 16.4. The third-order valence-corrected chi connectivity index (χ3v) is 3.40. The van der Waals surface area contributed by atoms with Gasteiger partial charge in [0.2, 0.25) is 0 Å². The van der Waals surface area contributed by atoms with Crippen LogP contribution in [-0.2, 0) is 12.8 Å². The molecule has 3 rings (SSSR count). The van der Waals surface area contributed by atoms with E-state index >= 15 is 0 Å². The Bertz CT molecular complexity index is 622. The number of hydrogen-bond acceptors (Lipinski definition) is 2. The van der Waals surface area contributed by atoms with Crippen LogP contribution in [0.15, 0.2) is 24.3 Å². The van der Waals surface area contributed by atoms with Crippen LogP contribution in [0.5, 0.6) is 0 Å². The topological polar surface area (TPSA) is 62.2 Å². The highest BCUT2D eigenvalue weighted by molar-refractivity contribution is 6.00. The summed E-state index contributed by atoms with van der Waals surface area (Å²) in [5.41, 5.74) is 3.70. The van der Waals surface area contributed by atoms with E-state index in [0.29, 0.717) is 0 Å². The molecule has 0 unspecified atom stereocenters. The Morgan fingerprint density at radius 2 is 2.00 bits per heavy atom. The molecule has 0 fully saturated rings. The van der Waals surface area contributed by atoms with Crippen molar-refractivity contribution in [3.05, 3.63) is 35.5 Å². The number of pyridine rings is 1. The predicted octanol–water partition coefficient (Wildman–Crippen LogP) is 3.20. The molecule has 0 bridgehead atoms. The van der Waals surface area contributed by atoms with E-state index in [9.17, 15) is 4.79 Å². The van der Waals surface area contributed by atoms with Gasteiger partial charge >= 0.3 is 6.09 Å². The molecule has 2 aromatic rings. The fourth-order valence-corrected chi connectivity index (χ4v) is 2.62. The van der Waals surface area contributed by atoms with Crippen molar-refractivity contribution >= 4 is 22.7 Å². The van der Waals surface area contributed by atoms with Crippen molar-refractivity contribution in [1.82, 2.24) is 4.98 Å². The van der Waals surface area contributed by atoms with Gasteiger partial charge in [0.05, 0.1) is 11.2 Å². The monoisotopic (exact) mass is 242 g/mol. The van der Waals surface area contributed by atoms with Gasteiger partial charge in [0, 0.05) is 11.1 Å². The summed E-state index contributed by atoms with van der Waals surface area (Å²) in [6.07, 6.45) is 3.06. The van der Waals surface area contributed by atoms with Crippen molar-refractivity contribution in [2.75, 3.05) is 5.32 Å². The molecule has 0 aliphatic heterocycles. The lowest BCUT2D eigenvalue weighted by atomic mass is 9.93. The lowest BCUT2D eigenvalue weighted by Crippen LogP contribution is -2.14. The Balaban J connectivity index is 2.28. The van der Waals surface area contributed by atoms with Crippen molar-refractivity contribution in [3.63, 3.8) is 0 Å². The summed E-state index contributed by atoms with van der Waals surface area (Å²) in [6, 6.07) is 7.68. The lowest BCUT2D eigenvalue weighted by Gasteiger charge is -2.20. The van der Waals surface area contributed by atoms with Crippen LogP contribution in [0.25, 0.3) is 10.9 Å². The van der Waals surface area contributed by atoms with E-state index in [4.69, 9.17) is 5.11 Å². The van der Waals surface area contributed by atoms with E-state index in [1.807, 2.05) is 24.3 Å². The molecule has 1 aliphatic rings. The van der Waals surface area contributed by atoms with Crippen molar-refractivity contribution in [2.45, 2.75) is 25.7 Å². The molecule has 1 aromatic heterocycles. The van der Waals surface area contributed by atoms with E-state index in [1.54, 1.807) is 0 Å². The van der Waals surface area contributed by atoms with Gasteiger partial charge in [-0.15, -0.1) is 0 Å². The molecule has 4 nitrogen and oxygen atoms in total. The molecular weight excluding hydrogens is 228 g/mol. The summed E-state index contributed by atoms with van der Waals surface area (Å²) >= 11 is 0. The molecule has 1 aromatic carbocycles. The van der Waals surface area contributed by atoms with Gasteiger partial charge < -0.3 is 5.11 Å². The molecule has 92 valence electrons. The summed E-state index contributed by atoms with van der Waals surface area (Å²) in [5.74, 6) is 0. The molecule has 0 saturated heterocycles. The average Bonchev–Trinajstić information content (AvgIpc) is 2.38. The van der Waals surface area contributed by atoms with Crippen molar-refractivity contribution in [1.29, 1.82) is 0 Å². The number of para-hydroxylation sites is 1. The van der Waals surface area contributed by atoms with Crippen molar-refractivity contribution < 1.29 is 9.90 Å². The highest BCUT2D eigenvalue weighted by Gasteiger charge is 2.18. The fourth-order valence-electron chi connectivity index (χ4n) is 2.62. The number of amides is 1. The lowest BCUT2D eigenvalue weighted by molar-refractivity contribution is 0.209. The number of anilines is 1. The van der Waals surface area contributed by atoms with Gasteiger partial charge in [-0.1, -0.05) is 18.2 Å². The number of fused-ring (bicyclic) bond motifs is 2. The number of hydrogen-bond donors (Lipinski definition) is 2. The summed E-state index contributed by atoms with van der Waals surface area (Å²) < 4.78 is 0. The smallest absolute Gasteiger partial charge is 0.409 e. The second-order valence-corrected chi connectivity index (χ2v) is 4.57. The zero-order valence-corrected chi connectivity index (χ0v) is 9.94. The summed E-state index contributed by atoms with van der Waals surface area (Å²) in [4.78, 5) is 15.6. The van der Waals surface area contributed by atoms with E-state index in [-0.39, 0.29) is 0 Å². The van der Waals surface area contributed by atoms with Gasteiger partial charge in [0.25, 0.3) is 0 Å². The molecule has 1 heterocycles. The van der Waals surface area contributed by atoms with Crippen LogP contribution < -0.4 is 5.32 Å². The molecular formula is C14H14N2O2. The van der Waals surface area contributed by atoms with Crippen LogP contribution in [0.2, 0.25) is 0 Å². The Hall–Kier alpha value is -2.10. The van der Waals surface area contributed by atoms with Crippen LogP contribution >= 0.6 is 0 Å². The highest BCUT2D eigenvalue weighted by Crippen LogP contribution is 2.33. The Morgan fingerprint density at radius 3 is 2.83 bits per heavy atom. The van der Waals surface area contributed by atoms with Gasteiger partial charge in [0.1, 0.15) is 0 Å². The van der Waals surface area contributed by atoms with Gasteiger partial charge in [0.15, 0.2) is 0 Å². The second-order valence-electron chi connectivity index (χ2n) is 4.57. The maximum atomic E-state index is 11.0. The molecule has 1 aliphatic carbocycles. The maximum absolute atomic E-state index is 11.0. The molecule has 18 heavy (non-hydrogen) atoms. The summed E-state index contributed by atoms with van der Waals surface area (Å²) in [5, 5.41) is 12.4. The molecule has 0 saturated carbocycles. The fraction of sp³-hybridized carbons (Fsp3) is 0.286. The zero-order valence-electron chi connectivity index (χ0n) is 9.94. The van der Waals surface area contributed by atoms with Crippen LogP contribution in [0.3, 0.4) is 0 Å². The number of nitrogens with zero attached hydrogens (tertiary/aromatic N) is 1. The minimum atomic E-state index is -1.01. The SMILES string of the molecule is O=C(O)Nc1c2c(nc3ccccc13)CCCC2. The normalized spacial score (nSPS) is 14.2. The number of nitrogens with one attached hydrogen (secondary N) is 1. The van der Waals surface area contributed by atoms with Crippen LogP contribution in [0.4, 0.5) is 10.5 Å². The number of aryl methyl sites for hydroxylation is 1. The van der Waals surface area contributed by atoms with Gasteiger partial charge in [-0.3, -0.25) is 10.3 Å². The quantitative estimate of drug-likeness (QED) is 0.807. The molecule has 4 heteroatoms. The minimum Gasteiger partial charge on any atom is -0.465 e. The Morgan fingerprint density at radius 1 is 1.22 bits per heavy atom. The van der Waals surface area contributed by atoms with Gasteiger partial charge in [-0.05, 0) is 37.3 Å². The molecule has 2 N–H and O–H groups in total. The van der Waals surface area contributed by atoms with Gasteiger partial charge in [-0.2, -0.15) is 0 Å². The first kappa shape index (κ1) is 11.0. The van der Waals surface area contributed by atoms with Gasteiger partial charge in [-0.25, -0.2) is 4.79 Å². The van der Waals surface area contributed by atoms with E-state index in [1.165, 1.54) is 0 Å². The number of benzene rings is 1. The number of carboxylic acid groups (broad SMARTS) is 1. The van der Waals surface area contributed by atoms with E-state index in [0.717, 1.165) is 53.5 Å². The first-order valence-electron chi connectivity index (χ1n) is 6.16. The first-order valence-corrected chi connectivity index (χ1v) is 6.16. The second kappa shape index (κ2) is 4.29. The number of aromatic nitrogens is 1. The zero-order chi connectivity index (χ0) is 12.5. The standard InChI is InChI=1S/C14H14N2O2/c17-14(18)16-13-9-5-1-3-7-11(9)15-12-8-4-2-6-10(12)13/h1,3,5,7H,2,4,6,8H2,(H,15,16)(H,17,18). The predicted molar refractivity (Wildman–Crippen MR) is 70.0 cm³/mol. The molecule has 0 atom stereocenters. The minimum absolute atomic E-state index is 0.725. The first-order chi connectivity index (χ1) is 8.75. The molecule has 0 spiro atoms. The summed E-state index contributed by atoms with van der Waals surface area (Å²) in [7, 11) is 0. The van der Waals surface area contributed by atoms with Crippen LogP contribution in [0, 0.1) is 0 Å². The van der Waals surface area contributed by atoms with Crippen LogP contribution in [-0.4, -0.2) is 16.2 Å². The summed E-state index contributed by atoms with van der Waals surface area (Å²) in [6.45, 7) is 0. The van der Waals surface area contributed by atoms with E-state index < -0.39 is 6.09 Å². The third kappa shape index (κ3) is 1.79.